The van der Waals surface area contributed by atoms with Crippen molar-refractivity contribution >= 4 is 5.82 Å². The van der Waals surface area contributed by atoms with E-state index < -0.39 is 5.95 Å². The van der Waals surface area contributed by atoms with Gasteiger partial charge < -0.3 is 10.1 Å². The van der Waals surface area contributed by atoms with Gasteiger partial charge in [0.1, 0.15) is 5.82 Å². The molecule has 1 aromatic rings. The van der Waals surface area contributed by atoms with Crippen LogP contribution < -0.4 is 5.32 Å². The first kappa shape index (κ1) is 9.40. The van der Waals surface area contributed by atoms with Crippen LogP contribution in [0.1, 0.15) is 13.3 Å². The first-order chi connectivity index (χ1) is 6.75. The second-order valence-electron chi connectivity index (χ2n) is 3.46. The lowest BCUT2D eigenvalue weighted by atomic mass is 10.1. The fourth-order valence-corrected chi connectivity index (χ4v) is 1.60. The van der Waals surface area contributed by atoms with Crippen molar-refractivity contribution in [3.8, 4) is 0 Å². The van der Waals surface area contributed by atoms with Crippen LogP contribution in [-0.2, 0) is 4.74 Å². The van der Waals surface area contributed by atoms with Crippen molar-refractivity contribution in [3.05, 3.63) is 24.1 Å². The average Bonchev–Trinajstić information content (AvgIpc) is 2.52. The lowest BCUT2D eigenvalue weighted by Gasteiger charge is -2.16. The highest BCUT2D eigenvalue weighted by Crippen LogP contribution is 2.17. The number of hydrogen-bond acceptors (Lipinski definition) is 3. The van der Waals surface area contributed by atoms with Crippen LogP contribution in [0.25, 0.3) is 0 Å². The van der Waals surface area contributed by atoms with Crippen LogP contribution in [0.5, 0.6) is 0 Å². The Morgan fingerprint density at radius 2 is 2.43 bits per heavy atom. The molecule has 3 nitrogen and oxygen atoms in total. The summed E-state index contributed by atoms with van der Waals surface area (Å²) < 4.78 is 18.1. The van der Waals surface area contributed by atoms with Crippen LogP contribution in [0.4, 0.5) is 10.2 Å². The maximum atomic E-state index is 12.8. The Hall–Kier alpha value is -1.16. The van der Waals surface area contributed by atoms with Gasteiger partial charge in [0.2, 0.25) is 5.95 Å². The molecule has 1 N–H and O–H groups in total. The fraction of sp³-hybridized carbons (Fsp3) is 0.500. The van der Waals surface area contributed by atoms with E-state index in [1.165, 1.54) is 6.07 Å². The number of pyridine rings is 1. The van der Waals surface area contributed by atoms with Crippen molar-refractivity contribution in [1.29, 1.82) is 0 Å². The average molecular weight is 196 g/mol. The molecule has 0 spiro atoms. The smallest absolute Gasteiger partial charge is 0.214 e. The van der Waals surface area contributed by atoms with Gasteiger partial charge in [0.25, 0.3) is 0 Å². The summed E-state index contributed by atoms with van der Waals surface area (Å²) in [6, 6.07) is 4.98. The summed E-state index contributed by atoms with van der Waals surface area (Å²) in [6.07, 6.45) is 1.11. The second kappa shape index (κ2) is 3.92. The summed E-state index contributed by atoms with van der Waals surface area (Å²) in [6.45, 7) is 2.76. The monoisotopic (exact) mass is 196 g/mol. The number of nitrogens with zero attached hydrogens (tertiary/aromatic N) is 1. The summed E-state index contributed by atoms with van der Waals surface area (Å²) in [7, 11) is 0. The van der Waals surface area contributed by atoms with Gasteiger partial charge in [-0.2, -0.15) is 4.39 Å². The van der Waals surface area contributed by atoms with Crippen molar-refractivity contribution in [2.45, 2.75) is 25.5 Å². The van der Waals surface area contributed by atoms with E-state index in [9.17, 15) is 4.39 Å². The molecule has 14 heavy (non-hydrogen) atoms. The quantitative estimate of drug-likeness (QED) is 0.732. The van der Waals surface area contributed by atoms with Crippen LogP contribution >= 0.6 is 0 Å². The van der Waals surface area contributed by atoms with Crippen molar-refractivity contribution < 1.29 is 9.13 Å². The van der Waals surface area contributed by atoms with Crippen molar-refractivity contribution in [2.75, 3.05) is 11.9 Å². The highest BCUT2D eigenvalue weighted by Gasteiger charge is 2.24. The normalized spacial score (nSPS) is 26.4. The van der Waals surface area contributed by atoms with E-state index in [2.05, 4.69) is 10.3 Å². The molecular formula is C10H13FN2O. The molecule has 4 heteroatoms. The molecule has 2 heterocycles. The third-order valence-electron chi connectivity index (χ3n) is 2.42. The Kier molecular flexibility index (Phi) is 2.63. The summed E-state index contributed by atoms with van der Waals surface area (Å²) in [4.78, 5) is 3.74. The van der Waals surface area contributed by atoms with Crippen molar-refractivity contribution in [3.63, 3.8) is 0 Å². The van der Waals surface area contributed by atoms with E-state index in [1.807, 2.05) is 6.92 Å². The Morgan fingerprint density at radius 1 is 1.57 bits per heavy atom. The molecule has 0 aromatic carbocycles. The second-order valence-corrected chi connectivity index (χ2v) is 3.46. The molecule has 76 valence electrons. The predicted molar refractivity (Wildman–Crippen MR) is 51.6 cm³/mol. The van der Waals surface area contributed by atoms with Gasteiger partial charge in [0.15, 0.2) is 0 Å². The molecular weight excluding hydrogens is 183 g/mol. The van der Waals surface area contributed by atoms with E-state index in [0.29, 0.717) is 5.82 Å². The largest absolute Gasteiger partial charge is 0.376 e. The molecule has 1 aromatic heterocycles. The third kappa shape index (κ3) is 2.01. The van der Waals surface area contributed by atoms with Gasteiger partial charge in [-0.1, -0.05) is 6.07 Å². The maximum absolute atomic E-state index is 12.8. The van der Waals surface area contributed by atoms with Gasteiger partial charge in [-0.3, -0.25) is 0 Å². The lowest BCUT2D eigenvalue weighted by molar-refractivity contribution is 0.121. The summed E-state index contributed by atoms with van der Waals surface area (Å²) in [5.41, 5.74) is 0. The van der Waals surface area contributed by atoms with Gasteiger partial charge in [-0.05, 0) is 25.5 Å². The number of rotatable bonds is 2. The number of aromatic nitrogens is 1. The molecule has 1 saturated heterocycles. The number of anilines is 1. The lowest BCUT2D eigenvalue weighted by Crippen LogP contribution is -2.27. The van der Waals surface area contributed by atoms with Gasteiger partial charge in [-0.15, -0.1) is 0 Å². The highest BCUT2D eigenvalue weighted by atomic mass is 19.1. The van der Waals surface area contributed by atoms with E-state index in [-0.39, 0.29) is 12.1 Å². The number of nitrogens with one attached hydrogen (secondary N) is 1. The van der Waals surface area contributed by atoms with Crippen LogP contribution in [0.3, 0.4) is 0 Å². The fourth-order valence-electron chi connectivity index (χ4n) is 1.60. The zero-order valence-electron chi connectivity index (χ0n) is 8.03. The van der Waals surface area contributed by atoms with E-state index in [1.54, 1.807) is 12.1 Å². The van der Waals surface area contributed by atoms with E-state index in [0.717, 1.165) is 13.0 Å². The Morgan fingerprint density at radius 3 is 3.07 bits per heavy atom. The molecule has 1 aliphatic rings. The Labute approximate surface area is 82.3 Å². The molecule has 2 atom stereocenters. The molecule has 2 unspecified atom stereocenters. The standard InChI is InChI=1S/C10H13FN2O/c1-7-8(5-6-14-7)12-10-4-2-3-9(11)13-10/h2-4,7-8H,5-6H2,1H3,(H,12,13). The molecule has 1 fully saturated rings. The minimum atomic E-state index is -0.457. The van der Waals surface area contributed by atoms with Gasteiger partial charge in [0, 0.05) is 6.61 Å². The van der Waals surface area contributed by atoms with Gasteiger partial charge >= 0.3 is 0 Å². The zero-order valence-corrected chi connectivity index (χ0v) is 8.03. The molecule has 0 amide bonds. The summed E-state index contributed by atoms with van der Waals surface area (Å²) in [5, 5.41) is 3.16. The third-order valence-corrected chi connectivity index (χ3v) is 2.42. The van der Waals surface area contributed by atoms with Crippen LogP contribution in [0.15, 0.2) is 18.2 Å². The van der Waals surface area contributed by atoms with Crippen LogP contribution in [0, 0.1) is 5.95 Å². The molecule has 2 rings (SSSR count). The first-order valence-corrected chi connectivity index (χ1v) is 4.76. The SMILES string of the molecule is CC1OCCC1Nc1cccc(F)n1. The van der Waals surface area contributed by atoms with Crippen LogP contribution in [0.2, 0.25) is 0 Å². The molecule has 0 aliphatic carbocycles. The Bertz CT molecular complexity index is 319. The van der Waals surface area contributed by atoms with E-state index >= 15 is 0 Å². The summed E-state index contributed by atoms with van der Waals surface area (Å²) in [5.74, 6) is 0.119. The number of halogens is 1. The van der Waals surface area contributed by atoms with Crippen molar-refractivity contribution in [1.82, 2.24) is 4.98 Å². The number of hydrogen-bond donors (Lipinski definition) is 1. The van der Waals surface area contributed by atoms with Gasteiger partial charge in [0.05, 0.1) is 12.1 Å². The zero-order chi connectivity index (χ0) is 9.97. The minimum Gasteiger partial charge on any atom is -0.376 e. The topological polar surface area (TPSA) is 34.1 Å². The number of ether oxygens (including phenoxy) is 1. The summed E-state index contributed by atoms with van der Waals surface area (Å²) >= 11 is 0. The Balaban J connectivity index is 2.03. The van der Waals surface area contributed by atoms with Crippen LogP contribution in [-0.4, -0.2) is 23.7 Å². The van der Waals surface area contributed by atoms with E-state index in [4.69, 9.17) is 4.74 Å². The molecule has 0 bridgehead atoms. The molecule has 0 radical (unpaired) electrons. The minimum absolute atomic E-state index is 0.167. The molecule has 0 saturated carbocycles. The van der Waals surface area contributed by atoms with Gasteiger partial charge in [-0.25, -0.2) is 4.98 Å². The highest BCUT2D eigenvalue weighted by molar-refractivity contribution is 5.35. The maximum Gasteiger partial charge on any atom is 0.214 e. The van der Waals surface area contributed by atoms with Crippen molar-refractivity contribution in [2.24, 2.45) is 0 Å². The molecule has 1 aliphatic heterocycles. The first-order valence-electron chi connectivity index (χ1n) is 4.76. The predicted octanol–water partition coefficient (Wildman–Crippen LogP) is 1.81.